The first-order valence-electron chi connectivity index (χ1n) is 4.75. The molecule has 1 radical (unpaired) electrons. The van der Waals surface area contributed by atoms with E-state index in [0.29, 0.717) is 6.42 Å². The molecule has 2 atom stereocenters. The summed E-state index contributed by atoms with van der Waals surface area (Å²) in [7, 11) is 0. The van der Waals surface area contributed by atoms with Gasteiger partial charge >= 0.3 is 11.9 Å². The van der Waals surface area contributed by atoms with Gasteiger partial charge in [-0.1, -0.05) is 0 Å². The van der Waals surface area contributed by atoms with Crippen LogP contribution in [0.2, 0.25) is 0 Å². The van der Waals surface area contributed by atoms with Crippen LogP contribution in [0.25, 0.3) is 0 Å². The van der Waals surface area contributed by atoms with Crippen LogP contribution in [0.1, 0.15) is 33.1 Å². The number of hydrogen-bond acceptors (Lipinski definition) is 4. The number of carbonyl (C=O) groups is 2. The van der Waals surface area contributed by atoms with Gasteiger partial charge in [0.2, 0.25) is 0 Å². The van der Waals surface area contributed by atoms with E-state index in [2.05, 4.69) is 0 Å². The van der Waals surface area contributed by atoms with Crippen LogP contribution in [0, 0.1) is 6.42 Å². The lowest BCUT2D eigenvalue weighted by molar-refractivity contribution is -0.152. The minimum atomic E-state index is -0.266. The van der Waals surface area contributed by atoms with Gasteiger partial charge in [-0.2, -0.15) is 0 Å². The Kier molecular flexibility index (Phi) is 3.92. The van der Waals surface area contributed by atoms with Gasteiger partial charge < -0.3 is 9.47 Å². The maximum absolute atomic E-state index is 10.6. The molecule has 14 heavy (non-hydrogen) atoms. The van der Waals surface area contributed by atoms with Crippen LogP contribution in [0.5, 0.6) is 0 Å². The molecule has 0 spiro atoms. The number of hydrogen-bond donors (Lipinski definition) is 0. The highest BCUT2D eigenvalue weighted by Crippen LogP contribution is 2.22. The molecule has 0 N–H and O–H groups in total. The van der Waals surface area contributed by atoms with Crippen LogP contribution in [-0.2, 0) is 19.1 Å². The largest absolute Gasteiger partial charge is 0.463 e. The van der Waals surface area contributed by atoms with Crippen molar-refractivity contribution >= 4 is 11.9 Å². The second-order valence-electron chi connectivity index (χ2n) is 3.43. The van der Waals surface area contributed by atoms with Crippen molar-refractivity contribution in [3.63, 3.8) is 0 Å². The molecule has 1 fully saturated rings. The highest BCUT2D eigenvalue weighted by molar-refractivity contribution is 5.66. The highest BCUT2D eigenvalue weighted by atomic mass is 16.6. The van der Waals surface area contributed by atoms with Crippen molar-refractivity contribution in [2.45, 2.75) is 45.3 Å². The molecule has 1 saturated carbocycles. The van der Waals surface area contributed by atoms with E-state index in [4.69, 9.17) is 9.47 Å². The van der Waals surface area contributed by atoms with Gasteiger partial charge in [0.1, 0.15) is 12.2 Å². The third-order valence-corrected chi connectivity index (χ3v) is 2.08. The van der Waals surface area contributed by atoms with Crippen LogP contribution >= 0.6 is 0 Å². The Hall–Kier alpha value is -1.06. The van der Waals surface area contributed by atoms with E-state index in [0.717, 1.165) is 12.8 Å². The molecule has 1 aliphatic carbocycles. The highest BCUT2D eigenvalue weighted by Gasteiger charge is 2.24. The molecule has 0 aromatic rings. The molecule has 0 heterocycles. The van der Waals surface area contributed by atoms with Crippen molar-refractivity contribution in [2.75, 3.05) is 0 Å². The Morgan fingerprint density at radius 2 is 1.79 bits per heavy atom. The summed E-state index contributed by atoms with van der Waals surface area (Å²) in [6.07, 6.45) is 3.89. The third-order valence-electron chi connectivity index (χ3n) is 2.08. The Morgan fingerprint density at radius 1 is 1.14 bits per heavy atom. The molecule has 2 unspecified atom stereocenters. The summed E-state index contributed by atoms with van der Waals surface area (Å²) in [5, 5.41) is 0. The number of carbonyl (C=O) groups excluding carboxylic acids is 2. The smallest absolute Gasteiger partial charge is 0.302 e. The van der Waals surface area contributed by atoms with Crippen LogP contribution in [0.4, 0.5) is 0 Å². The molecule has 0 amide bonds. The maximum Gasteiger partial charge on any atom is 0.302 e. The van der Waals surface area contributed by atoms with Crippen LogP contribution in [0.3, 0.4) is 0 Å². The van der Waals surface area contributed by atoms with Gasteiger partial charge in [-0.25, -0.2) is 0 Å². The Bertz CT molecular complexity index is 192. The summed E-state index contributed by atoms with van der Waals surface area (Å²) in [4.78, 5) is 21.3. The third kappa shape index (κ3) is 3.77. The number of ether oxygens (including phenoxy) is 2. The predicted octanol–water partition coefficient (Wildman–Crippen LogP) is 1.24. The van der Waals surface area contributed by atoms with Gasteiger partial charge in [-0.3, -0.25) is 9.59 Å². The van der Waals surface area contributed by atoms with E-state index in [1.54, 1.807) is 0 Å². The molecule has 0 aliphatic heterocycles. The van der Waals surface area contributed by atoms with Crippen LogP contribution < -0.4 is 0 Å². The van der Waals surface area contributed by atoms with E-state index in [1.165, 1.54) is 13.8 Å². The Morgan fingerprint density at radius 3 is 2.21 bits per heavy atom. The lowest BCUT2D eigenvalue weighted by Gasteiger charge is -2.27. The Labute approximate surface area is 83.6 Å². The standard InChI is InChI=1S/C10H15O4/c1-7(11)13-9-3-5-10(6-4-9)14-8(2)12/h3,9-10H,4-6H2,1-2H3. The van der Waals surface area contributed by atoms with E-state index in [1.807, 2.05) is 6.42 Å². The van der Waals surface area contributed by atoms with Crippen LogP contribution in [-0.4, -0.2) is 24.1 Å². The molecule has 1 aliphatic rings. The van der Waals surface area contributed by atoms with Gasteiger partial charge in [0.15, 0.2) is 0 Å². The second kappa shape index (κ2) is 4.98. The normalized spacial score (nSPS) is 26.7. The summed E-state index contributed by atoms with van der Waals surface area (Å²) < 4.78 is 10.0. The molecule has 79 valence electrons. The van der Waals surface area contributed by atoms with Crippen molar-refractivity contribution in [3.8, 4) is 0 Å². The summed E-state index contributed by atoms with van der Waals surface area (Å²) in [5.41, 5.74) is 0. The molecule has 1 rings (SSSR count). The molecule has 4 nitrogen and oxygen atoms in total. The maximum atomic E-state index is 10.6. The van der Waals surface area contributed by atoms with Crippen molar-refractivity contribution in [1.29, 1.82) is 0 Å². The van der Waals surface area contributed by atoms with Gasteiger partial charge in [0.25, 0.3) is 0 Å². The second-order valence-corrected chi connectivity index (χ2v) is 3.43. The average molecular weight is 199 g/mol. The Balaban J connectivity index is 2.24. The zero-order valence-corrected chi connectivity index (χ0v) is 8.49. The number of rotatable bonds is 2. The SMILES string of the molecule is CC(=O)OC1[CH]CC(OC(C)=O)CC1. The summed E-state index contributed by atoms with van der Waals surface area (Å²) in [5.74, 6) is -0.522. The van der Waals surface area contributed by atoms with Crippen LogP contribution in [0.15, 0.2) is 0 Å². The quantitative estimate of drug-likeness (QED) is 0.628. The van der Waals surface area contributed by atoms with Crippen molar-refractivity contribution in [3.05, 3.63) is 6.42 Å². The first-order valence-corrected chi connectivity index (χ1v) is 4.75. The fraction of sp³-hybridized carbons (Fsp3) is 0.700. The van der Waals surface area contributed by atoms with Gasteiger partial charge in [-0.05, 0) is 19.3 Å². The minimum absolute atomic E-state index is 0.0423. The van der Waals surface area contributed by atoms with Crippen molar-refractivity contribution < 1.29 is 19.1 Å². The lowest BCUT2D eigenvalue weighted by Crippen LogP contribution is -2.29. The summed E-state index contributed by atoms with van der Waals surface area (Å²) in [6, 6.07) is 0. The number of esters is 2. The molecule has 0 saturated heterocycles. The van der Waals surface area contributed by atoms with Gasteiger partial charge in [0.05, 0.1) is 0 Å². The molecule has 4 heteroatoms. The van der Waals surface area contributed by atoms with Gasteiger partial charge in [0, 0.05) is 20.3 Å². The fourth-order valence-corrected chi connectivity index (χ4v) is 1.55. The summed E-state index contributed by atoms with van der Waals surface area (Å²) >= 11 is 0. The van der Waals surface area contributed by atoms with E-state index in [-0.39, 0.29) is 24.1 Å². The van der Waals surface area contributed by atoms with Gasteiger partial charge in [-0.15, -0.1) is 0 Å². The average Bonchev–Trinajstić information content (AvgIpc) is 2.06. The van der Waals surface area contributed by atoms with Crippen molar-refractivity contribution in [2.24, 2.45) is 0 Å². The first kappa shape index (κ1) is 11.0. The fourth-order valence-electron chi connectivity index (χ4n) is 1.55. The predicted molar refractivity (Wildman–Crippen MR) is 49.3 cm³/mol. The topological polar surface area (TPSA) is 52.6 Å². The van der Waals surface area contributed by atoms with Crippen molar-refractivity contribution in [1.82, 2.24) is 0 Å². The lowest BCUT2D eigenvalue weighted by atomic mass is 9.95. The van der Waals surface area contributed by atoms with E-state index >= 15 is 0 Å². The van der Waals surface area contributed by atoms with E-state index in [9.17, 15) is 9.59 Å². The molecular weight excluding hydrogens is 184 g/mol. The summed E-state index contributed by atoms with van der Waals surface area (Å²) in [6.45, 7) is 2.80. The molecule has 0 aromatic heterocycles. The first-order chi connectivity index (χ1) is 6.58. The zero-order chi connectivity index (χ0) is 10.6. The zero-order valence-electron chi connectivity index (χ0n) is 8.49. The molecule has 0 bridgehead atoms. The monoisotopic (exact) mass is 199 g/mol. The molecule has 0 aromatic carbocycles. The minimum Gasteiger partial charge on any atom is -0.463 e. The molecular formula is C10H15O4. The van der Waals surface area contributed by atoms with E-state index < -0.39 is 0 Å².